The number of ether oxygens (including phenoxy) is 1. The van der Waals surface area contributed by atoms with E-state index in [0.29, 0.717) is 12.8 Å². The molecule has 0 bridgehead atoms. The molecule has 2 N–H and O–H groups in total. The van der Waals surface area contributed by atoms with Gasteiger partial charge < -0.3 is 15.2 Å². The van der Waals surface area contributed by atoms with Crippen LogP contribution in [-0.2, 0) is 25.5 Å². The zero-order valence-corrected chi connectivity index (χ0v) is 15.9. The molecule has 0 aromatic heterocycles. The highest BCUT2D eigenvalue weighted by Gasteiger charge is 2.29. The number of nitrogens with one attached hydrogen (secondary N) is 1. The second-order valence-corrected chi connectivity index (χ2v) is 7.16. The van der Waals surface area contributed by atoms with Gasteiger partial charge in [0.25, 0.3) is 0 Å². The van der Waals surface area contributed by atoms with E-state index in [2.05, 4.69) is 5.32 Å². The van der Waals surface area contributed by atoms with E-state index < -0.39 is 29.8 Å². The van der Waals surface area contributed by atoms with Crippen LogP contribution in [-0.4, -0.2) is 35.1 Å². The minimum absolute atomic E-state index is 0.167. The number of esters is 1. The van der Waals surface area contributed by atoms with E-state index in [4.69, 9.17) is 9.84 Å². The summed E-state index contributed by atoms with van der Waals surface area (Å²) in [5.74, 6) is -2.49. The van der Waals surface area contributed by atoms with E-state index in [1.807, 2.05) is 44.2 Å². The van der Waals surface area contributed by atoms with Crippen LogP contribution in [0.25, 0.3) is 0 Å². The minimum Gasteiger partial charge on any atom is -0.481 e. The average molecular weight is 363 g/mol. The van der Waals surface area contributed by atoms with E-state index in [0.717, 1.165) is 5.56 Å². The molecule has 1 amide bonds. The zero-order valence-electron chi connectivity index (χ0n) is 15.9. The number of rotatable bonds is 10. The van der Waals surface area contributed by atoms with Gasteiger partial charge in [-0.25, -0.2) is 4.79 Å². The molecule has 2 atom stereocenters. The van der Waals surface area contributed by atoms with Gasteiger partial charge in [-0.1, -0.05) is 44.2 Å². The fourth-order valence-electron chi connectivity index (χ4n) is 2.71. The standard InChI is InChI=1S/C20H29NO5/c1-13(2)10-16(12-18(22)23)19(24)21-17(20(25)26-14(3)4)11-15-8-6-5-7-9-15/h5-9,13-14,16-17H,10-12H2,1-4H3,(H,21,24)(H,22,23)/t16-,17+/m1/s1. The van der Waals surface area contributed by atoms with Gasteiger partial charge in [0.2, 0.25) is 5.91 Å². The second-order valence-electron chi connectivity index (χ2n) is 7.16. The number of carboxylic acids is 1. The lowest BCUT2D eigenvalue weighted by molar-refractivity contribution is -0.152. The number of aliphatic carboxylic acids is 1. The van der Waals surface area contributed by atoms with Crippen molar-refractivity contribution >= 4 is 17.8 Å². The average Bonchev–Trinajstić information content (AvgIpc) is 2.53. The topological polar surface area (TPSA) is 92.7 Å². The molecule has 0 heterocycles. The van der Waals surface area contributed by atoms with E-state index in [9.17, 15) is 14.4 Å². The monoisotopic (exact) mass is 363 g/mol. The summed E-state index contributed by atoms with van der Waals surface area (Å²) in [6.45, 7) is 7.34. The summed E-state index contributed by atoms with van der Waals surface area (Å²) < 4.78 is 5.26. The van der Waals surface area contributed by atoms with Crippen LogP contribution in [0, 0.1) is 11.8 Å². The number of benzene rings is 1. The molecule has 1 aromatic carbocycles. The third-order valence-electron chi connectivity index (χ3n) is 3.78. The largest absolute Gasteiger partial charge is 0.481 e. The van der Waals surface area contributed by atoms with E-state index in [1.165, 1.54) is 0 Å². The lowest BCUT2D eigenvalue weighted by Gasteiger charge is -2.23. The van der Waals surface area contributed by atoms with Crippen LogP contribution < -0.4 is 5.32 Å². The van der Waals surface area contributed by atoms with Gasteiger partial charge in [-0.05, 0) is 31.7 Å². The Balaban J connectivity index is 2.92. The van der Waals surface area contributed by atoms with Crippen molar-refractivity contribution in [2.45, 2.75) is 59.1 Å². The summed E-state index contributed by atoms with van der Waals surface area (Å²) in [6, 6.07) is 8.46. The highest BCUT2D eigenvalue weighted by Crippen LogP contribution is 2.17. The van der Waals surface area contributed by atoms with Crippen molar-refractivity contribution in [1.29, 1.82) is 0 Å². The molecule has 0 aliphatic carbocycles. The molecule has 6 heteroatoms. The molecule has 0 saturated heterocycles. The summed E-state index contributed by atoms with van der Waals surface area (Å²) in [4.78, 5) is 36.1. The molecular formula is C20H29NO5. The first kappa shape index (κ1) is 21.7. The molecule has 26 heavy (non-hydrogen) atoms. The van der Waals surface area contributed by atoms with Gasteiger partial charge in [-0.3, -0.25) is 9.59 Å². The molecule has 1 aromatic rings. The van der Waals surface area contributed by atoms with Crippen molar-refractivity contribution < 1.29 is 24.2 Å². The number of carbonyl (C=O) groups excluding carboxylic acids is 2. The first-order valence-corrected chi connectivity index (χ1v) is 8.95. The van der Waals surface area contributed by atoms with E-state index in [1.54, 1.807) is 13.8 Å². The molecule has 0 fully saturated rings. The fourth-order valence-corrected chi connectivity index (χ4v) is 2.71. The molecule has 0 aliphatic heterocycles. The molecule has 0 spiro atoms. The second kappa shape index (κ2) is 10.6. The number of hydrogen-bond donors (Lipinski definition) is 2. The van der Waals surface area contributed by atoms with Crippen LogP contribution in [0.1, 0.15) is 46.1 Å². The van der Waals surface area contributed by atoms with Gasteiger partial charge in [0.15, 0.2) is 0 Å². The maximum atomic E-state index is 12.6. The van der Waals surface area contributed by atoms with Crippen molar-refractivity contribution in [1.82, 2.24) is 5.32 Å². The number of hydrogen-bond acceptors (Lipinski definition) is 4. The molecule has 0 radical (unpaired) electrons. The molecule has 0 saturated carbocycles. The van der Waals surface area contributed by atoms with Gasteiger partial charge in [0.05, 0.1) is 12.5 Å². The minimum atomic E-state index is -1.03. The fraction of sp³-hybridized carbons (Fsp3) is 0.550. The molecule has 1 rings (SSSR count). The predicted molar refractivity (Wildman–Crippen MR) is 98.5 cm³/mol. The first-order valence-electron chi connectivity index (χ1n) is 8.95. The number of carbonyl (C=O) groups is 3. The van der Waals surface area contributed by atoms with Crippen molar-refractivity contribution in [2.24, 2.45) is 11.8 Å². The number of amides is 1. The van der Waals surface area contributed by atoms with Crippen LogP contribution in [0.3, 0.4) is 0 Å². The Morgan fingerprint density at radius 2 is 1.69 bits per heavy atom. The van der Waals surface area contributed by atoms with Crippen LogP contribution in [0.2, 0.25) is 0 Å². The van der Waals surface area contributed by atoms with Crippen molar-refractivity contribution in [3.05, 3.63) is 35.9 Å². The Kier molecular flexibility index (Phi) is 8.82. The van der Waals surface area contributed by atoms with E-state index in [-0.39, 0.29) is 18.4 Å². The SMILES string of the molecule is CC(C)C[C@H](CC(=O)O)C(=O)N[C@@H](Cc1ccccc1)C(=O)OC(C)C. The van der Waals surface area contributed by atoms with Crippen molar-refractivity contribution in [3.63, 3.8) is 0 Å². The summed E-state index contributed by atoms with van der Waals surface area (Å²) >= 11 is 0. The van der Waals surface area contributed by atoms with Crippen LogP contribution in [0.15, 0.2) is 30.3 Å². The third-order valence-corrected chi connectivity index (χ3v) is 3.78. The highest BCUT2D eigenvalue weighted by molar-refractivity contribution is 5.88. The highest BCUT2D eigenvalue weighted by atomic mass is 16.5. The van der Waals surface area contributed by atoms with Crippen LogP contribution in [0.5, 0.6) is 0 Å². The predicted octanol–water partition coefficient (Wildman–Crippen LogP) is 2.80. The van der Waals surface area contributed by atoms with Crippen LogP contribution in [0.4, 0.5) is 0 Å². The van der Waals surface area contributed by atoms with Gasteiger partial charge in [0.1, 0.15) is 6.04 Å². The van der Waals surface area contributed by atoms with Gasteiger partial charge in [0, 0.05) is 12.3 Å². The van der Waals surface area contributed by atoms with Crippen LogP contribution >= 0.6 is 0 Å². The summed E-state index contributed by atoms with van der Waals surface area (Å²) in [5.41, 5.74) is 0.886. The molecule has 6 nitrogen and oxygen atoms in total. The van der Waals surface area contributed by atoms with Crippen molar-refractivity contribution in [2.75, 3.05) is 0 Å². The normalized spacial score (nSPS) is 13.3. The lowest BCUT2D eigenvalue weighted by Crippen LogP contribution is -2.46. The Labute approximate surface area is 154 Å². The Morgan fingerprint density at radius 3 is 2.19 bits per heavy atom. The smallest absolute Gasteiger partial charge is 0.329 e. The summed E-state index contributed by atoms with van der Waals surface area (Å²) in [5, 5.41) is 11.8. The quantitative estimate of drug-likeness (QED) is 0.624. The summed E-state index contributed by atoms with van der Waals surface area (Å²) in [7, 11) is 0. The van der Waals surface area contributed by atoms with E-state index >= 15 is 0 Å². The molecule has 144 valence electrons. The van der Waals surface area contributed by atoms with Crippen molar-refractivity contribution in [3.8, 4) is 0 Å². The first-order chi connectivity index (χ1) is 12.2. The number of carboxylic acid groups (broad SMARTS) is 1. The maximum Gasteiger partial charge on any atom is 0.329 e. The van der Waals surface area contributed by atoms with Gasteiger partial charge in [-0.15, -0.1) is 0 Å². The summed E-state index contributed by atoms with van der Waals surface area (Å²) in [6.07, 6.45) is 0.166. The molecule has 0 unspecified atom stereocenters. The van der Waals surface area contributed by atoms with Gasteiger partial charge >= 0.3 is 11.9 Å². The zero-order chi connectivity index (χ0) is 19.7. The molecular weight excluding hydrogens is 334 g/mol. The Morgan fingerprint density at radius 1 is 1.08 bits per heavy atom. The third kappa shape index (κ3) is 8.14. The maximum absolute atomic E-state index is 12.6. The van der Waals surface area contributed by atoms with Gasteiger partial charge in [-0.2, -0.15) is 0 Å². The molecule has 0 aliphatic rings. The Hall–Kier alpha value is -2.37. The Bertz CT molecular complexity index is 597. The lowest BCUT2D eigenvalue weighted by atomic mass is 9.92.